The highest BCUT2D eigenvalue weighted by Crippen LogP contribution is 2.14. The third-order valence-electron chi connectivity index (χ3n) is 5.38. The van der Waals surface area contributed by atoms with Gasteiger partial charge in [-0.05, 0) is 45.2 Å². The van der Waals surface area contributed by atoms with Crippen LogP contribution < -0.4 is 10.6 Å². The Morgan fingerprint density at radius 3 is 2.81 bits per heavy atom. The lowest BCUT2D eigenvalue weighted by atomic mass is 10.0. The Labute approximate surface area is 157 Å². The molecule has 0 spiro atoms. The highest BCUT2D eigenvalue weighted by Gasteiger charge is 2.22. The minimum Gasteiger partial charge on any atom is -0.469 e. The summed E-state index contributed by atoms with van der Waals surface area (Å²) in [6.07, 6.45) is 6.06. The third-order valence-corrected chi connectivity index (χ3v) is 5.38. The van der Waals surface area contributed by atoms with Crippen molar-refractivity contribution < 1.29 is 9.15 Å². The maximum atomic E-state index is 5.48. The van der Waals surface area contributed by atoms with Crippen molar-refractivity contribution in [3.05, 3.63) is 24.2 Å². The summed E-state index contributed by atoms with van der Waals surface area (Å²) in [5.74, 6) is 2.50. The lowest BCUT2D eigenvalue weighted by molar-refractivity contribution is 0.167. The molecule has 0 saturated carbocycles. The number of nitrogens with one attached hydrogen (secondary N) is 2. The van der Waals surface area contributed by atoms with Crippen molar-refractivity contribution in [3.63, 3.8) is 0 Å². The number of ether oxygens (including phenoxy) is 1. The van der Waals surface area contributed by atoms with Crippen molar-refractivity contribution in [2.24, 2.45) is 10.9 Å². The number of likely N-dealkylation sites (tertiary alicyclic amines) is 1. The molecular weight excluding hydrogens is 328 g/mol. The molecule has 0 amide bonds. The fraction of sp³-hybridized carbons (Fsp3) is 0.750. The molecule has 2 aliphatic heterocycles. The fourth-order valence-corrected chi connectivity index (χ4v) is 3.61. The first-order chi connectivity index (χ1) is 12.7. The Balaban J connectivity index is 1.49. The van der Waals surface area contributed by atoms with Crippen molar-refractivity contribution >= 4 is 5.96 Å². The second-order valence-corrected chi connectivity index (χ2v) is 7.72. The van der Waals surface area contributed by atoms with E-state index in [0.717, 1.165) is 64.0 Å². The van der Waals surface area contributed by atoms with Gasteiger partial charge in [-0.3, -0.25) is 4.99 Å². The predicted octanol–water partition coefficient (Wildman–Crippen LogP) is 2.27. The summed E-state index contributed by atoms with van der Waals surface area (Å²) >= 11 is 0. The molecule has 2 aliphatic rings. The van der Waals surface area contributed by atoms with E-state index >= 15 is 0 Å². The summed E-state index contributed by atoms with van der Waals surface area (Å²) in [5.41, 5.74) is 0. The van der Waals surface area contributed by atoms with Gasteiger partial charge in [-0.1, -0.05) is 0 Å². The number of rotatable bonds is 7. The second kappa shape index (κ2) is 9.97. The topological polar surface area (TPSA) is 62.0 Å². The molecule has 3 rings (SSSR count). The molecule has 0 bridgehead atoms. The van der Waals surface area contributed by atoms with E-state index in [1.165, 1.54) is 12.8 Å². The van der Waals surface area contributed by atoms with Crippen molar-refractivity contribution in [2.45, 2.75) is 51.6 Å². The lowest BCUT2D eigenvalue weighted by Gasteiger charge is -2.35. The smallest absolute Gasteiger partial charge is 0.191 e. The van der Waals surface area contributed by atoms with E-state index in [0.29, 0.717) is 18.0 Å². The van der Waals surface area contributed by atoms with Gasteiger partial charge in [0, 0.05) is 57.2 Å². The zero-order valence-corrected chi connectivity index (χ0v) is 16.2. The van der Waals surface area contributed by atoms with E-state index < -0.39 is 0 Å². The van der Waals surface area contributed by atoms with Crippen LogP contribution in [-0.4, -0.2) is 62.3 Å². The first-order valence-electron chi connectivity index (χ1n) is 10.1. The van der Waals surface area contributed by atoms with E-state index in [9.17, 15) is 0 Å². The van der Waals surface area contributed by atoms with Gasteiger partial charge in [-0.25, -0.2) is 0 Å². The quantitative estimate of drug-likeness (QED) is 0.575. The van der Waals surface area contributed by atoms with Crippen molar-refractivity contribution in [1.29, 1.82) is 0 Å². The summed E-state index contributed by atoms with van der Waals surface area (Å²) in [7, 11) is 0. The normalized spacial score (nSPS) is 22.9. The van der Waals surface area contributed by atoms with Gasteiger partial charge in [0.1, 0.15) is 5.76 Å². The van der Waals surface area contributed by atoms with Gasteiger partial charge in [0.25, 0.3) is 0 Å². The van der Waals surface area contributed by atoms with E-state index in [-0.39, 0.29) is 0 Å². The third kappa shape index (κ3) is 6.02. The highest BCUT2D eigenvalue weighted by molar-refractivity contribution is 5.80. The van der Waals surface area contributed by atoms with Gasteiger partial charge in [0.2, 0.25) is 0 Å². The molecular formula is C20H34N4O2. The molecule has 3 heterocycles. The van der Waals surface area contributed by atoms with Crippen LogP contribution in [0.15, 0.2) is 27.8 Å². The molecule has 0 aromatic carbocycles. The summed E-state index contributed by atoms with van der Waals surface area (Å²) in [6, 6.07) is 5.09. The van der Waals surface area contributed by atoms with E-state index in [1.54, 1.807) is 6.26 Å². The van der Waals surface area contributed by atoms with Crippen LogP contribution in [0.25, 0.3) is 0 Å². The number of hydrogen-bond donors (Lipinski definition) is 2. The molecule has 146 valence electrons. The van der Waals surface area contributed by atoms with Crippen LogP contribution in [0.3, 0.4) is 0 Å². The zero-order chi connectivity index (χ0) is 18.2. The van der Waals surface area contributed by atoms with Gasteiger partial charge < -0.3 is 24.7 Å². The van der Waals surface area contributed by atoms with Crippen LogP contribution >= 0.6 is 0 Å². The number of nitrogens with zero attached hydrogens (tertiary/aromatic N) is 2. The molecule has 1 unspecified atom stereocenters. The monoisotopic (exact) mass is 362 g/mol. The summed E-state index contributed by atoms with van der Waals surface area (Å²) < 4.78 is 10.9. The van der Waals surface area contributed by atoms with Gasteiger partial charge in [0.15, 0.2) is 5.96 Å². The molecule has 0 radical (unpaired) electrons. The Kier molecular flexibility index (Phi) is 7.38. The average molecular weight is 363 g/mol. The Hall–Kier alpha value is -1.53. The van der Waals surface area contributed by atoms with Gasteiger partial charge in [-0.2, -0.15) is 0 Å². The molecule has 2 saturated heterocycles. The average Bonchev–Trinajstić information content (AvgIpc) is 3.34. The van der Waals surface area contributed by atoms with Crippen LogP contribution in [0.1, 0.15) is 38.9 Å². The fourth-order valence-electron chi connectivity index (χ4n) is 3.61. The minimum atomic E-state index is 0.500. The zero-order valence-electron chi connectivity index (χ0n) is 16.2. The highest BCUT2D eigenvalue weighted by atomic mass is 16.5. The predicted molar refractivity (Wildman–Crippen MR) is 105 cm³/mol. The number of furan rings is 1. The maximum absolute atomic E-state index is 5.48. The van der Waals surface area contributed by atoms with E-state index in [2.05, 4.69) is 29.4 Å². The van der Waals surface area contributed by atoms with Gasteiger partial charge in [0.05, 0.1) is 12.9 Å². The molecule has 6 heteroatoms. The molecule has 6 nitrogen and oxygen atoms in total. The molecule has 1 atom stereocenters. The first kappa shape index (κ1) is 19.2. The van der Waals surface area contributed by atoms with Crippen LogP contribution in [0.2, 0.25) is 0 Å². The molecule has 1 aromatic heterocycles. The molecule has 2 N–H and O–H groups in total. The lowest BCUT2D eigenvalue weighted by Crippen LogP contribution is -2.50. The number of piperidine rings is 1. The summed E-state index contributed by atoms with van der Waals surface area (Å²) in [5, 5.41) is 7.15. The van der Waals surface area contributed by atoms with Crippen LogP contribution in [0, 0.1) is 5.92 Å². The molecule has 1 aromatic rings. The van der Waals surface area contributed by atoms with Gasteiger partial charge >= 0.3 is 0 Å². The molecule has 0 aliphatic carbocycles. The summed E-state index contributed by atoms with van der Waals surface area (Å²) in [6.45, 7) is 10.3. The van der Waals surface area contributed by atoms with E-state index in [4.69, 9.17) is 14.1 Å². The second-order valence-electron chi connectivity index (χ2n) is 7.72. The van der Waals surface area contributed by atoms with E-state index in [1.807, 2.05) is 12.1 Å². The Morgan fingerprint density at radius 2 is 2.15 bits per heavy atom. The largest absolute Gasteiger partial charge is 0.469 e. The number of aliphatic imine (C=N–C) groups is 1. The van der Waals surface area contributed by atoms with Crippen LogP contribution in [0.5, 0.6) is 0 Å². The standard InChI is InChI=1S/C20H34N4O2/c1-16(2)24-10-6-18(7-11-24)23-20(22-14-17-8-13-25-15-17)21-9-5-19-4-3-12-26-19/h3-4,12,16-18H,5-11,13-15H2,1-2H3,(H2,21,22,23). The Morgan fingerprint density at radius 1 is 1.31 bits per heavy atom. The SMILES string of the molecule is CC(C)N1CCC(NC(=NCC2CCOC2)NCCc2ccco2)CC1. The van der Waals surface area contributed by atoms with Crippen molar-refractivity contribution in [1.82, 2.24) is 15.5 Å². The van der Waals surface area contributed by atoms with Crippen molar-refractivity contribution in [3.8, 4) is 0 Å². The van der Waals surface area contributed by atoms with Gasteiger partial charge in [-0.15, -0.1) is 0 Å². The van der Waals surface area contributed by atoms with Crippen molar-refractivity contribution in [2.75, 3.05) is 39.4 Å². The van der Waals surface area contributed by atoms with Crippen LogP contribution in [0.4, 0.5) is 0 Å². The first-order valence-corrected chi connectivity index (χ1v) is 10.1. The maximum Gasteiger partial charge on any atom is 0.191 e. The number of guanidine groups is 1. The summed E-state index contributed by atoms with van der Waals surface area (Å²) in [4.78, 5) is 7.39. The molecule has 26 heavy (non-hydrogen) atoms. The molecule has 2 fully saturated rings. The minimum absolute atomic E-state index is 0.500. The number of hydrogen-bond acceptors (Lipinski definition) is 4. The Bertz CT molecular complexity index is 530. The van der Waals surface area contributed by atoms with Crippen LogP contribution in [-0.2, 0) is 11.2 Å².